The molecule has 0 saturated heterocycles. The van der Waals surface area contributed by atoms with Crippen molar-refractivity contribution in [2.75, 3.05) is 11.9 Å². The maximum atomic E-state index is 12.0. The highest BCUT2D eigenvalue weighted by Crippen LogP contribution is 2.31. The summed E-state index contributed by atoms with van der Waals surface area (Å²) in [6, 6.07) is 17.2. The van der Waals surface area contributed by atoms with Gasteiger partial charge in [0.15, 0.2) is 11.7 Å². The molecule has 4 nitrogen and oxygen atoms in total. The summed E-state index contributed by atoms with van der Waals surface area (Å²) in [5.74, 6) is 0.438. The van der Waals surface area contributed by atoms with E-state index in [1.54, 1.807) is 0 Å². The number of nitrogens with zero attached hydrogens (tertiary/aromatic N) is 1. The molecule has 1 aromatic heterocycles. The number of anilines is 1. The number of benzene rings is 2. The lowest BCUT2D eigenvalue weighted by Gasteiger charge is -2.05. The van der Waals surface area contributed by atoms with Gasteiger partial charge in [0.2, 0.25) is 0 Å². The Bertz CT molecular complexity index is 832. The molecule has 1 heterocycles. The van der Waals surface area contributed by atoms with Gasteiger partial charge in [-0.25, -0.2) is 4.98 Å². The van der Waals surface area contributed by atoms with E-state index in [1.165, 1.54) is 11.3 Å². The van der Waals surface area contributed by atoms with Crippen molar-refractivity contribution < 1.29 is 9.53 Å². The van der Waals surface area contributed by atoms with Crippen LogP contribution in [-0.4, -0.2) is 17.5 Å². The minimum absolute atomic E-state index is 0.0454. The van der Waals surface area contributed by atoms with Gasteiger partial charge >= 0.3 is 0 Å². The van der Waals surface area contributed by atoms with Gasteiger partial charge in [0, 0.05) is 14.9 Å². The molecule has 0 radical (unpaired) electrons. The van der Waals surface area contributed by atoms with Crippen molar-refractivity contribution in [2.45, 2.75) is 6.92 Å². The molecule has 2 aromatic carbocycles. The van der Waals surface area contributed by atoms with E-state index in [0.29, 0.717) is 10.9 Å². The largest absolute Gasteiger partial charge is 0.484 e. The zero-order chi connectivity index (χ0) is 16.9. The molecule has 1 N–H and O–H groups in total. The minimum Gasteiger partial charge on any atom is -0.484 e. The second-order valence-electron chi connectivity index (χ2n) is 5.08. The Morgan fingerprint density at radius 3 is 2.58 bits per heavy atom. The SMILES string of the molecule is Cc1sc(NC(=O)COc2ccccc2)nc1-c1ccc(Br)cc1. The van der Waals surface area contributed by atoms with Gasteiger partial charge in [0.25, 0.3) is 5.91 Å². The Labute approximate surface area is 152 Å². The predicted molar refractivity (Wildman–Crippen MR) is 101 cm³/mol. The molecular formula is C18H15BrN2O2S. The molecule has 24 heavy (non-hydrogen) atoms. The number of carbonyl (C=O) groups is 1. The smallest absolute Gasteiger partial charge is 0.264 e. The first kappa shape index (κ1) is 16.7. The quantitative estimate of drug-likeness (QED) is 0.660. The Balaban J connectivity index is 1.64. The van der Waals surface area contributed by atoms with E-state index in [2.05, 4.69) is 26.2 Å². The number of aryl methyl sites for hydroxylation is 1. The fraction of sp³-hybridized carbons (Fsp3) is 0.111. The van der Waals surface area contributed by atoms with E-state index in [1.807, 2.05) is 61.5 Å². The topological polar surface area (TPSA) is 51.2 Å². The zero-order valence-corrected chi connectivity index (χ0v) is 15.4. The minimum atomic E-state index is -0.227. The molecule has 0 saturated carbocycles. The van der Waals surface area contributed by atoms with Crippen molar-refractivity contribution in [1.29, 1.82) is 0 Å². The monoisotopic (exact) mass is 402 g/mol. The first-order valence-corrected chi connectivity index (χ1v) is 8.94. The highest BCUT2D eigenvalue weighted by Gasteiger charge is 2.12. The lowest BCUT2D eigenvalue weighted by molar-refractivity contribution is -0.118. The number of hydrogen-bond acceptors (Lipinski definition) is 4. The van der Waals surface area contributed by atoms with Gasteiger partial charge in [-0.05, 0) is 31.2 Å². The molecule has 0 aliphatic rings. The molecule has 0 atom stereocenters. The van der Waals surface area contributed by atoms with Crippen LogP contribution in [0.5, 0.6) is 5.75 Å². The van der Waals surface area contributed by atoms with E-state index in [4.69, 9.17) is 4.74 Å². The van der Waals surface area contributed by atoms with Crippen LogP contribution in [0.4, 0.5) is 5.13 Å². The third-order valence-corrected chi connectivity index (χ3v) is 4.69. The molecule has 0 aliphatic carbocycles. The summed E-state index contributed by atoms with van der Waals surface area (Å²) in [6.45, 7) is 1.95. The van der Waals surface area contributed by atoms with E-state index in [0.717, 1.165) is 20.6 Å². The fourth-order valence-electron chi connectivity index (χ4n) is 2.15. The Hall–Kier alpha value is -2.18. The van der Waals surface area contributed by atoms with Crippen molar-refractivity contribution in [3.8, 4) is 17.0 Å². The Kier molecular flexibility index (Phi) is 5.27. The van der Waals surface area contributed by atoms with Crippen molar-refractivity contribution in [2.24, 2.45) is 0 Å². The molecule has 0 spiro atoms. The van der Waals surface area contributed by atoms with Crippen LogP contribution in [0.25, 0.3) is 11.3 Å². The summed E-state index contributed by atoms with van der Waals surface area (Å²) in [7, 11) is 0. The number of para-hydroxylation sites is 1. The average Bonchev–Trinajstić information content (AvgIpc) is 2.95. The summed E-state index contributed by atoms with van der Waals surface area (Å²) in [5.41, 5.74) is 1.90. The normalized spacial score (nSPS) is 10.4. The molecule has 0 unspecified atom stereocenters. The lowest BCUT2D eigenvalue weighted by atomic mass is 10.1. The number of aromatic nitrogens is 1. The molecule has 3 rings (SSSR count). The predicted octanol–water partition coefficient (Wildman–Crippen LogP) is 4.90. The van der Waals surface area contributed by atoms with Gasteiger partial charge in [0.05, 0.1) is 5.69 Å². The summed E-state index contributed by atoms with van der Waals surface area (Å²) in [5, 5.41) is 3.36. The van der Waals surface area contributed by atoms with Crippen LogP contribution in [0.15, 0.2) is 59.1 Å². The van der Waals surface area contributed by atoms with Crippen molar-refractivity contribution >= 4 is 38.3 Å². The van der Waals surface area contributed by atoms with Gasteiger partial charge in [-0.15, -0.1) is 11.3 Å². The van der Waals surface area contributed by atoms with Gasteiger partial charge < -0.3 is 4.74 Å². The Morgan fingerprint density at radius 2 is 1.88 bits per heavy atom. The van der Waals surface area contributed by atoms with Crippen LogP contribution < -0.4 is 10.1 Å². The lowest BCUT2D eigenvalue weighted by Crippen LogP contribution is -2.19. The summed E-state index contributed by atoms with van der Waals surface area (Å²) < 4.78 is 6.45. The van der Waals surface area contributed by atoms with Crippen molar-refractivity contribution in [3.63, 3.8) is 0 Å². The van der Waals surface area contributed by atoms with E-state index in [9.17, 15) is 4.79 Å². The highest BCUT2D eigenvalue weighted by molar-refractivity contribution is 9.10. The molecule has 0 aliphatic heterocycles. The number of ether oxygens (including phenoxy) is 1. The third-order valence-electron chi connectivity index (χ3n) is 3.27. The number of halogens is 1. The molecule has 122 valence electrons. The maximum absolute atomic E-state index is 12.0. The van der Waals surface area contributed by atoms with E-state index < -0.39 is 0 Å². The fourth-order valence-corrected chi connectivity index (χ4v) is 3.26. The number of amides is 1. The first-order chi connectivity index (χ1) is 11.6. The van der Waals surface area contributed by atoms with Gasteiger partial charge in [0.1, 0.15) is 5.75 Å². The van der Waals surface area contributed by atoms with Crippen molar-refractivity contribution in [3.05, 3.63) is 63.9 Å². The number of carbonyl (C=O) groups excluding carboxylic acids is 1. The van der Waals surface area contributed by atoms with Crippen LogP contribution in [0, 0.1) is 6.92 Å². The number of thiazole rings is 1. The average molecular weight is 403 g/mol. The third kappa shape index (κ3) is 4.21. The number of hydrogen-bond donors (Lipinski definition) is 1. The molecule has 3 aromatic rings. The number of nitrogens with one attached hydrogen (secondary N) is 1. The van der Waals surface area contributed by atoms with Crippen LogP contribution in [0.1, 0.15) is 4.88 Å². The summed E-state index contributed by atoms with van der Waals surface area (Å²) in [4.78, 5) is 17.6. The van der Waals surface area contributed by atoms with Crippen LogP contribution in [0.2, 0.25) is 0 Å². The van der Waals surface area contributed by atoms with E-state index >= 15 is 0 Å². The maximum Gasteiger partial charge on any atom is 0.264 e. The summed E-state index contributed by atoms with van der Waals surface area (Å²) >= 11 is 4.88. The number of rotatable bonds is 5. The highest BCUT2D eigenvalue weighted by atomic mass is 79.9. The second kappa shape index (κ2) is 7.59. The van der Waals surface area contributed by atoms with Crippen LogP contribution in [0.3, 0.4) is 0 Å². The van der Waals surface area contributed by atoms with Gasteiger partial charge in [-0.1, -0.05) is 46.3 Å². The summed E-state index contributed by atoms with van der Waals surface area (Å²) in [6.07, 6.45) is 0. The molecule has 0 fully saturated rings. The molecule has 1 amide bonds. The molecular weight excluding hydrogens is 388 g/mol. The molecule has 6 heteroatoms. The van der Waals surface area contributed by atoms with Crippen molar-refractivity contribution in [1.82, 2.24) is 4.98 Å². The van der Waals surface area contributed by atoms with Gasteiger partial charge in [-0.2, -0.15) is 0 Å². The van der Waals surface area contributed by atoms with Crippen LogP contribution in [-0.2, 0) is 4.79 Å². The van der Waals surface area contributed by atoms with E-state index in [-0.39, 0.29) is 12.5 Å². The Morgan fingerprint density at radius 1 is 1.17 bits per heavy atom. The standard InChI is InChI=1S/C18H15BrN2O2S/c1-12-17(13-7-9-14(19)10-8-13)21-18(24-12)20-16(22)11-23-15-5-3-2-4-6-15/h2-10H,11H2,1H3,(H,20,21,22). The molecule has 0 bridgehead atoms. The first-order valence-electron chi connectivity index (χ1n) is 7.33. The van der Waals surface area contributed by atoms with Crippen LogP contribution >= 0.6 is 27.3 Å². The second-order valence-corrected chi connectivity index (χ2v) is 7.20. The zero-order valence-electron chi connectivity index (χ0n) is 13.0. The van der Waals surface area contributed by atoms with Gasteiger partial charge in [-0.3, -0.25) is 10.1 Å².